The summed E-state index contributed by atoms with van der Waals surface area (Å²) in [5, 5.41) is 0. The maximum absolute atomic E-state index is 4.73. The van der Waals surface area contributed by atoms with Crippen molar-refractivity contribution < 1.29 is 0 Å². The molecule has 6 aromatic rings. The molecule has 7 nitrogen and oxygen atoms in total. The van der Waals surface area contributed by atoms with Gasteiger partial charge in [-0.1, -0.05) is 84.9 Å². The number of hydrogen-bond acceptors (Lipinski definition) is 7. The van der Waals surface area contributed by atoms with E-state index in [0.29, 0.717) is 23.3 Å². The number of fused-ring (bicyclic) bond motifs is 3. The molecule has 0 bridgehead atoms. The molecule has 0 saturated heterocycles. The fraction of sp³-hybridized carbons (Fsp3) is 0.0333. The highest BCUT2D eigenvalue weighted by atomic mass is 15.1. The molecule has 0 aliphatic heterocycles. The third kappa shape index (κ3) is 3.83. The summed E-state index contributed by atoms with van der Waals surface area (Å²) in [7, 11) is 0. The molecule has 3 heterocycles. The Kier molecular flexibility index (Phi) is 5.03. The van der Waals surface area contributed by atoms with Crippen molar-refractivity contribution in [2.45, 2.75) is 6.42 Å². The van der Waals surface area contributed by atoms with Crippen molar-refractivity contribution in [3.8, 4) is 56.9 Å². The van der Waals surface area contributed by atoms with E-state index in [4.69, 9.17) is 15.0 Å². The first-order chi connectivity index (χ1) is 18.3. The first-order valence-corrected chi connectivity index (χ1v) is 12.0. The van der Waals surface area contributed by atoms with Gasteiger partial charge in [0.1, 0.15) is 6.33 Å². The summed E-state index contributed by atoms with van der Waals surface area (Å²) < 4.78 is 0. The minimum atomic E-state index is 0.416. The largest absolute Gasteiger partial charge is 0.236 e. The van der Waals surface area contributed by atoms with Crippen LogP contribution in [-0.2, 0) is 6.42 Å². The van der Waals surface area contributed by atoms with Gasteiger partial charge in [-0.05, 0) is 5.56 Å². The van der Waals surface area contributed by atoms with Gasteiger partial charge in [0.2, 0.25) is 5.82 Å². The zero-order chi connectivity index (χ0) is 24.6. The molecule has 0 atom stereocenters. The molecule has 1 aliphatic carbocycles. The molecule has 3 aromatic heterocycles. The maximum Gasteiger partial charge on any atom is 0.201 e. The zero-order valence-corrected chi connectivity index (χ0v) is 19.7. The van der Waals surface area contributed by atoms with Crippen LogP contribution in [0.15, 0.2) is 104 Å². The summed E-state index contributed by atoms with van der Waals surface area (Å²) in [5.41, 5.74) is 7.95. The summed E-state index contributed by atoms with van der Waals surface area (Å²) in [6, 6.07) is 28.0. The van der Waals surface area contributed by atoms with E-state index in [0.717, 1.165) is 45.6 Å². The van der Waals surface area contributed by atoms with Crippen LogP contribution in [-0.4, -0.2) is 34.9 Å². The number of benzene rings is 3. The Morgan fingerprint density at radius 1 is 0.459 bits per heavy atom. The molecule has 3 aromatic carbocycles. The highest BCUT2D eigenvalue weighted by Crippen LogP contribution is 2.38. The van der Waals surface area contributed by atoms with Crippen molar-refractivity contribution >= 4 is 0 Å². The van der Waals surface area contributed by atoms with E-state index >= 15 is 0 Å². The second-order valence-electron chi connectivity index (χ2n) is 8.72. The first-order valence-electron chi connectivity index (χ1n) is 12.0. The van der Waals surface area contributed by atoms with E-state index in [1.165, 1.54) is 5.56 Å². The fourth-order valence-electron chi connectivity index (χ4n) is 4.63. The second kappa shape index (κ2) is 8.80. The van der Waals surface area contributed by atoms with E-state index in [-0.39, 0.29) is 0 Å². The zero-order valence-electron chi connectivity index (χ0n) is 19.7. The normalized spacial score (nSPS) is 11.7. The Morgan fingerprint density at radius 2 is 1.03 bits per heavy atom. The topological polar surface area (TPSA) is 90.2 Å². The smallest absolute Gasteiger partial charge is 0.201 e. The van der Waals surface area contributed by atoms with Gasteiger partial charge in [0.05, 0.1) is 11.4 Å². The molecule has 0 N–H and O–H groups in total. The lowest BCUT2D eigenvalue weighted by molar-refractivity contribution is 1.03. The molecule has 7 rings (SSSR count). The fourth-order valence-corrected chi connectivity index (χ4v) is 4.63. The lowest BCUT2D eigenvalue weighted by Crippen LogP contribution is -2.03. The standard InChI is InChI=1S/C30H19N7/c1-3-9-19(10-4-1)27-35-28(20-11-5-2-6-12-20)37-30(36-27)29-31-16-22(17-32-29)25-24-15-21-13-7-8-14-23(21)26(24)34-18-33-25/h1-14,16-18H,15H2. The Balaban J connectivity index is 1.30. The molecule has 174 valence electrons. The summed E-state index contributed by atoms with van der Waals surface area (Å²) in [4.78, 5) is 32.6. The van der Waals surface area contributed by atoms with Gasteiger partial charge >= 0.3 is 0 Å². The number of hydrogen-bond donors (Lipinski definition) is 0. The molecule has 0 radical (unpaired) electrons. The maximum atomic E-state index is 4.73. The van der Waals surface area contributed by atoms with Crippen LogP contribution in [0.4, 0.5) is 0 Å². The Bertz CT molecular complexity index is 1680. The van der Waals surface area contributed by atoms with Gasteiger partial charge < -0.3 is 0 Å². The van der Waals surface area contributed by atoms with Crippen LogP contribution in [0.2, 0.25) is 0 Å². The van der Waals surface area contributed by atoms with Crippen molar-refractivity contribution in [1.82, 2.24) is 34.9 Å². The van der Waals surface area contributed by atoms with E-state index in [9.17, 15) is 0 Å². The van der Waals surface area contributed by atoms with E-state index < -0.39 is 0 Å². The molecule has 37 heavy (non-hydrogen) atoms. The van der Waals surface area contributed by atoms with Gasteiger partial charge in [-0.15, -0.1) is 0 Å². The Hall–Kier alpha value is -5.17. The highest BCUT2D eigenvalue weighted by Gasteiger charge is 2.24. The van der Waals surface area contributed by atoms with Gasteiger partial charge in [0.25, 0.3) is 0 Å². The summed E-state index contributed by atoms with van der Waals surface area (Å²) >= 11 is 0. The average Bonchev–Trinajstić information content (AvgIpc) is 3.37. The minimum Gasteiger partial charge on any atom is -0.236 e. The van der Waals surface area contributed by atoms with Gasteiger partial charge in [-0.25, -0.2) is 34.9 Å². The monoisotopic (exact) mass is 477 g/mol. The molecule has 0 unspecified atom stereocenters. The van der Waals surface area contributed by atoms with Gasteiger partial charge in [-0.3, -0.25) is 0 Å². The van der Waals surface area contributed by atoms with Crippen LogP contribution in [0.5, 0.6) is 0 Å². The Morgan fingerprint density at radius 3 is 1.70 bits per heavy atom. The van der Waals surface area contributed by atoms with Crippen LogP contribution in [0.25, 0.3) is 56.9 Å². The molecule has 0 spiro atoms. The average molecular weight is 478 g/mol. The number of nitrogens with zero attached hydrogens (tertiary/aromatic N) is 7. The van der Waals surface area contributed by atoms with Crippen molar-refractivity contribution in [2.24, 2.45) is 0 Å². The van der Waals surface area contributed by atoms with Gasteiger partial charge in [0, 0.05) is 46.6 Å². The van der Waals surface area contributed by atoms with Crippen molar-refractivity contribution in [1.29, 1.82) is 0 Å². The van der Waals surface area contributed by atoms with Crippen molar-refractivity contribution in [3.63, 3.8) is 0 Å². The predicted molar refractivity (Wildman–Crippen MR) is 141 cm³/mol. The van der Waals surface area contributed by atoms with Gasteiger partial charge in [-0.2, -0.15) is 0 Å². The molecule has 0 saturated carbocycles. The van der Waals surface area contributed by atoms with Crippen molar-refractivity contribution in [2.75, 3.05) is 0 Å². The van der Waals surface area contributed by atoms with Gasteiger partial charge in [0.15, 0.2) is 17.5 Å². The molecule has 1 aliphatic rings. The predicted octanol–water partition coefficient (Wildman–Crippen LogP) is 5.69. The summed E-state index contributed by atoms with van der Waals surface area (Å²) in [5.74, 6) is 1.99. The quantitative estimate of drug-likeness (QED) is 0.322. The molecule has 0 amide bonds. The summed E-state index contributed by atoms with van der Waals surface area (Å²) in [6.45, 7) is 0. The third-order valence-electron chi connectivity index (χ3n) is 6.41. The van der Waals surface area contributed by atoms with E-state index in [1.807, 2.05) is 66.7 Å². The van der Waals surface area contributed by atoms with Crippen molar-refractivity contribution in [3.05, 3.63) is 115 Å². The van der Waals surface area contributed by atoms with E-state index in [2.05, 4.69) is 38.1 Å². The molecule has 7 heteroatoms. The van der Waals surface area contributed by atoms with Crippen LogP contribution in [0, 0.1) is 0 Å². The number of rotatable bonds is 4. The molecule has 0 fully saturated rings. The molecular weight excluding hydrogens is 458 g/mol. The van der Waals surface area contributed by atoms with Crippen LogP contribution in [0.3, 0.4) is 0 Å². The van der Waals surface area contributed by atoms with Crippen LogP contribution >= 0.6 is 0 Å². The minimum absolute atomic E-state index is 0.416. The lowest BCUT2D eigenvalue weighted by Gasteiger charge is -2.09. The van der Waals surface area contributed by atoms with Crippen LogP contribution < -0.4 is 0 Å². The number of aromatic nitrogens is 7. The second-order valence-corrected chi connectivity index (χ2v) is 8.72. The first kappa shape index (κ1) is 21.1. The van der Waals surface area contributed by atoms with Crippen LogP contribution in [0.1, 0.15) is 11.1 Å². The Labute approximate surface area is 213 Å². The SMILES string of the molecule is c1ccc(-c2nc(-c3ccccc3)nc(-c3ncc(-c4ncnc5c4Cc4ccccc4-5)cn3)n2)cc1. The highest BCUT2D eigenvalue weighted by molar-refractivity contribution is 5.80. The lowest BCUT2D eigenvalue weighted by atomic mass is 10.1. The third-order valence-corrected chi connectivity index (χ3v) is 6.41. The molecular formula is C30H19N7. The van der Waals surface area contributed by atoms with E-state index in [1.54, 1.807) is 18.7 Å². The summed E-state index contributed by atoms with van der Waals surface area (Å²) in [6.07, 6.45) is 5.95.